The van der Waals surface area contributed by atoms with Gasteiger partial charge in [0.15, 0.2) is 11.4 Å². The highest BCUT2D eigenvalue weighted by molar-refractivity contribution is 5.88. The van der Waals surface area contributed by atoms with E-state index in [-0.39, 0.29) is 11.7 Å². The summed E-state index contributed by atoms with van der Waals surface area (Å²) < 4.78 is 24.5. The fourth-order valence-corrected chi connectivity index (χ4v) is 5.79. The van der Waals surface area contributed by atoms with Crippen LogP contribution in [0.15, 0.2) is 22.7 Å². The van der Waals surface area contributed by atoms with Crippen LogP contribution in [0.3, 0.4) is 0 Å². The summed E-state index contributed by atoms with van der Waals surface area (Å²) in [6, 6.07) is 4.91. The van der Waals surface area contributed by atoms with Gasteiger partial charge < -0.3 is 19.5 Å². The number of amides is 1. The molecule has 1 unspecified atom stereocenters. The van der Waals surface area contributed by atoms with Crippen LogP contribution in [-0.4, -0.2) is 67.9 Å². The first kappa shape index (κ1) is 23.5. The highest BCUT2D eigenvalue weighted by Crippen LogP contribution is 2.29. The summed E-state index contributed by atoms with van der Waals surface area (Å²) in [6.07, 6.45) is 8.63. The average Bonchev–Trinajstić information content (AvgIpc) is 3.27. The lowest BCUT2D eigenvalue weighted by Gasteiger charge is -2.36. The first-order valence-electron chi connectivity index (χ1n) is 13.0. The predicted octanol–water partition coefficient (Wildman–Crippen LogP) is 3.97. The number of rotatable bonds is 7. The number of piperazine rings is 1. The van der Waals surface area contributed by atoms with Gasteiger partial charge in [0.25, 0.3) is 0 Å². The van der Waals surface area contributed by atoms with Crippen LogP contribution in [0.25, 0.3) is 11.0 Å². The molecule has 34 heavy (non-hydrogen) atoms. The molecule has 3 heterocycles. The smallest absolute Gasteiger partial charge is 0.220 e. The maximum absolute atomic E-state index is 13.7. The number of halogens is 1. The van der Waals surface area contributed by atoms with Gasteiger partial charge in [0, 0.05) is 51.9 Å². The Hall–Kier alpha value is -2.19. The molecule has 1 saturated carbocycles. The molecule has 2 aliphatic heterocycles. The zero-order chi connectivity index (χ0) is 23.3. The van der Waals surface area contributed by atoms with Crippen molar-refractivity contribution in [2.75, 3.05) is 50.8 Å². The normalized spacial score (nSPS) is 26.6. The van der Waals surface area contributed by atoms with Crippen LogP contribution in [0.1, 0.15) is 51.4 Å². The molecule has 8 heteroatoms. The lowest BCUT2D eigenvalue weighted by molar-refractivity contribution is -0.124. The highest BCUT2D eigenvalue weighted by atomic mass is 19.1. The van der Waals surface area contributed by atoms with Gasteiger partial charge in [-0.1, -0.05) is 5.16 Å². The van der Waals surface area contributed by atoms with E-state index in [0.29, 0.717) is 24.0 Å². The van der Waals surface area contributed by atoms with Gasteiger partial charge in [-0.2, -0.15) is 0 Å². The first-order valence-corrected chi connectivity index (χ1v) is 13.0. The Morgan fingerprint density at radius 1 is 1.09 bits per heavy atom. The summed E-state index contributed by atoms with van der Waals surface area (Å²) >= 11 is 0. The summed E-state index contributed by atoms with van der Waals surface area (Å²) in [6.45, 7) is 6.43. The summed E-state index contributed by atoms with van der Waals surface area (Å²) in [4.78, 5) is 17.1. The summed E-state index contributed by atoms with van der Waals surface area (Å²) in [5, 5.41) is 8.23. The molecular weight excluding hydrogens is 435 g/mol. The molecule has 1 amide bonds. The Balaban J connectivity index is 0.996. The van der Waals surface area contributed by atoms with E-state index in [0.717, 1.165) is 88.7 Å². The van der Waals surface area contributed by atoms with Crippen molar-refractivity contribution in [3.8, 4) is 0 Å². The Morgan fingerprint density at radius 2 is 1.91 bits per heavy atom. The SMILES string of the molecule is O=C(CC1CCCOC1)N[C@H]1CC[C@H](CCN2CCN(c3noc4ccc(F)cc34)CC2)CC1. The average molecular weight is 473 g/mol. The van der Waals surface area contributed by atoms with Crippen LogP contribution in [0.2, 0.25) is 0 Å². The maximum atomic E-state index is 13.7. The third-order valence-electron chi connectivity index (χ3n) is 7.88. The molecule has 3 aliphatic rings. The Kier molecular flexibility index (Phi) is 7.64. The molecule has 1 N–H and O–H groups in total. The number of carbonyl (C=O) groups excluding carboxylic acids is 1. The van der Waals surface area contributed by atoms with E-state index in [1.54, 1.807) is 6.07 Å². The van der Waals surface area contributed by atoms with Gasteiger partial charge >= 0.3 is 0 Å². The van der Waals surface area contributed by atoms with E-state index in [4.69, 9.17) is 9.26 Å². The van der Waals surface area contributed by atoms with Crippen molar-refractivity contribution in [1.29, 1.82) is 0 Å². The number of anilines is 1. The summed E-state index contributed by atoms with van der Waals surface area (Å²) in [5.74, 6) is 1.85. The van der Waals surface area contributed by atoms with Gasteiger partial charge in [-0.3, -0.25) is 9.69 Å². The fraction of sp³-hybridized carbons (Fsp3) is 0.692. The molecule has 186 valence electrons. The van der Waals surface area contributed by atoms with Crippen LogP contribution in [0.4, 0.5) is 10.2 Å². The summed E-state index contributed by atoms with van der Waals surface area (Å²) in [7, 11) is 0. The zero-order valence-electron chi connectivity index (χ0n) is 20.0. The number of carbonyl (C=O) groups is 1. The third kappa shape index (κ3) is 5.89. The number of ether oxygens (including phenoxy) is 1. The molecule has 5 rings (SSSR count). The van der Waals surface area contributed by atoms with Crippen molar-refractivity contribution in [3.63, 3.8) is 0 Å². The first-order chi connectivity index (χ1) is 16.6. The van der Waals surface area contributed by atoms with Crippen molar-refractivity contribution in [2.45, 2.75) is 57.4 Å². The molecule has 2 saturated heterocycles. The standard InChI is InChI=1S/C26H37FN4O3/c27-21-5-8-24-23(17-21)26(29-34-24)31-13-11-30(12-14-31)10-9-19-3-6-22(7-4-19)28-25(32)16-20-2-1-15-33-18-20/h5,8,17,19-20,22H,1-4,6-7,9-16,18H2,(H,28,32)/t19-,20?,22-. The number of nitrogens with one attached hydrogen (secondary N) is 1. The highest BCUT2D eigenvalue weighted by Gasteiger charge is 2.26. The second kappa shape index (κ2) is 11.0. The number of nitrogens with zero attached hydrogens (tertiary/aromatic N) is 3. The van der Waals surface area contributed by atoms with Crippen LogP contribution in [0.5, 0.6) is 0 Å². The molecule has 0 radical (unpaired) electrons. The molecule has 1 aromatic heterocycles. The lowest BCUT2D eigenvalue weighted by Crippen LogP contribution is -2.47. The quantitative estimate of drug-likeness (QED) is 0.658. The monoisotopic (exact) mass is 472 g/mol. The maximum Gasteiger partial charge on any atom is 0.220 e. The molecule has 3 fully saturated rings. The van der Waals surface area contributed by atoms with E-state index in [1.807, 2.05) is 0 Å². The van der Waals surface area contributed by atoms with Gasteiger partial charge in [0.1, 0.15) is 5.82 Å². The van der Waals surface area contributed by atoms with Crippen molar-refractivity contribution < 1.29 is 18.4 Å². The molecule has 0 spiro atoms. The third-order valence-corrected chi connectivity index (χ3v) is 7.88. The lowest BCUT2D eigenvalue weighted by atomic mass is 9.84. The number of fused-ring (bicyclic) bond motifs is 1. The molecule has 1 aromatic carbocycles. The predicted molar refractivity (Wildman–Crippen MR) is 129 cm³/mol. The van der Waals surface area contributed by atoms with Crippen LogP contribution >= 0.6 is 0 Å². The molecular formula is C26H37FN4O3. The van der Waals surface area contributed by atoms with E-state index in [9.17, 15) is 9.18 Å². The van der Waals surface area contributed by atoms with Gasteiger partial charge in [-0.25, -0.2) is 4.39 Å². The second-order valence-electron chi connectivity index (χ2n) is 10.3. The molecule has 7 nitrogen and oxygen atoms in total. The van der Waals surface area contributed by atoms with Crippen molar-refractivity contribution in [1.82, 2.24) is 15.4 Å². The number of hydrogen-bond donors (Lipinski definition) is 1. The fourth-order valence-electron chi connectivity index (χ4n) is 5.79. The Morgan fingerprint density at radius 3 is 2.68 bits per heavy atom. The number of benzene rings is 1. The van der Waals surface area contributed by atoms with Gasteiger partial charge in [-0.15, -0.1) is 0 Å². The van der Waals surface area contributed by atoms with Crippen molar-refractivity contribution in [3.05, 3.63) is 24.0 Å². The topological polar surface area (TPSA) is 70.8 Å². The second-order valence-corrected chi connectivity index (χ2v) is 10.3. The molecule has 2 aromatic rings. The minimum atomic E-state index is -0.260. The number of hydrogen-bond acceptors (Lipinski definition) is 6. The molecule has 1 aliphatic carbocycles. The van der Waals surface area contributed by atoms with Crippen LogP contribution in [-0.2, 0) is 9.53 Å². The van der Waals surface area contributed by atoms with E-state index in [2.05, 4.69) is 20.3 Å². The van der Waals surface area contributed by atoms with E-state index >= 15 is 0 Å². The Labute approximate surface area is 201 Å². The Bertz CT molecular complexity index is 945. The minimum absolute atomic E-state index is 0.208. The van der Waals surface area contributed by atoms with Crippen molar-refractivity contribution >= 4 is 22.7 Å². The minimum Gasteiger partial charge on any atom is -0.381 e. The zero-order valence-corrected chi connectivity index (χ0v) is 20.0. The van der Waals surface area contributed by atoms with Crippen molar-refractivity contribution in [2.24, 2.45) is 11.8 Å². The van der Waals surface area contributed by atoms with Crippen LogP contribution < -0.4 is 10.2 Å². The van der Waals surface area contributed by atoms with Gasteiger partial charge in [0.05, 0.1) is 5.39 Å². The molecule has 0 bridgehead atoms. The molecule has 1 atom stereocenters. The van der Waals surface area contributed by atoms with E-state index in [1.165, 1.54) is 31.4 Å². The van der Waals surface area contributed by atoms with E-state index < -0.39 is 0 Å². The number of aromatic nitrogens is 1. The summed E-state index contributed by atoms with van der Waals surface area (Å²) in [5.41, 5.74) is 0.633. The van der Waals surface area contributed by atoms with Gasteiger partial charge in [-0.05, 0) is 81.5 Å². The van der Waals surface area contributed by atoms with Gasteiger partial charge in [0.2, 0.25) is 5.91 Å². The largest absolute Gasteiger partial charge is 0.381 e. The van der Waals surface area contributed by atoms with Crippen LogP contribution in [0, 0.1) is 17.7 Å².